The number of alkyl halides is 3. The minimum absolute atomic E-state index is 0.285. The van der Waals surface area contributed by atoms with Crippen molar-refractivity contribution in [1.29, 1.82) is 5.26 Å². The summed E-state index contributed by atoms with van der Waals surface area (Å²) in [5.74, 6) is -0.551. The zero-order valence-corrected chi connectivity index (χ0v) is 11.1. The van der Waals surface area contributed by atoms with Gasteiger partial charge in [-0.2, -0.15) is 18.4 Å². The minimum atomic E-state index is -4.56. The van der Waals surface area contributed by atoms with E-state index in [9.17, 15) is 21.6 Å². The van der Waals surface area contributed by atoms with Crippen LogP contribution in [-0.4, -0.2) is 38.3 Å². The highest BCUT2D eigenvalue weighted by Gasteiger charge is 2.43. The van der Waals surface area contributed by atoms with Crippen molar-refractivity contribution in [3.8, 4) is 6.07 Å². The van der Waals surface area contributed by atoms with Gasteiger partial charge < -0.3 is 4.74 Å². The maximum Gasteiger partial charge on any atom is 0.390 e. The Kier molecular flexibility index (Phi) is 5.62. The Morgan fingerprint density at radius 2 is 2.05 bits per heavy atom. The smallest absolute Gasteiger partial charge is 0.377 e. The molecule has 2 unspecified atom stereocenters. The fourth-order valence-electron chi connectivity index (χ4n) is 2.12. The van der Waals surface area contributed by atoms with Gasteiger partial charge in [-0.3, -0.25) is 0 Å². The van der Waals surface area contributed by atoms with Crippen molar-refractivity contribution in [3.63, 3.8) is 0 Å². The second-order valence-electron chi connectivity index (χ2n) is 4.54. The first kappa shape index (κ1) is 16.2. The predicted octanol–water partition coefficient (Wildman–Crippen LogP) is 2.20. The minimum Gasteiger partial charge on any atom is -0.377 e. The third-order valence-electron chi connectivity index (χ3n) is 3.02. The van der Waals surface area contributed by atoms with Crippen molar-refractivity contribution in [2.24, 2.45) is 0 Å². The lowest BCUT2D eigenvalue weighted by molar-refractivity contribution is -0.142. The molecule has 1 aliphatic heterocycles. The summed E-state index contributed by atoms with van der Waals surface area (Å²) in [6.07, 6.45) is -5.49. The standard InChI is InChI=1S/C11H16F3NO3S/c12-11(13,14)8-10(9-4-1-2-6-18-9)19(16,17)7-3-5-15/h9-10H,1-4,6-8H2. The van der Waals surface area contributed by atoms with E-state index in [1.54, 1.807) is 6.07 Å². The van der Waals surface area contributed by atoms with Crippen LogP contribution in [0.5, 0.6) is 0 Å². The van der Waals surface area contributed by atoms with Gasteiger partial charge in [-0.25, -0.2) is 8.42 Å². The average molecular weight is 299 g/mol. The Labute approximate surface area is 110 Å². The summed E-state index contributed by atoms with van der Waals surface area (Å²) in [5, 5.41) is 6.79. The highest BCUT2D eigenvalue weighted by molar-refractivity contribution is 7.92. The molecule has 0 aliphatic carbocycles. The largest absolute Gasteiger partial charge is 0.390 e. The zero-order chi connectivity index (χ0) is 14.5. The lowest BCUT2D eigenvalue weighted by Crippen LogP contribution is -2.42. The summed E-state index contributed by atoms with van der Waals surface area (Å²) in [4.78, 5) is 0. The number of nitriles is 1. The van der Waals surface area contributed by atoms with Crippen LogP contribution in [-0.2, 0) is 14.6 Å². The molecular weight excluding hydrogens is 283 g/mol. The predicted molar refractivity (Wildman–Crippen MR) is 62.1 cm³/mol. The molecule has 19 heavy (non-hydrogen) atoms. The molecule has 8 heteroatoms. The van der Waals surface area contributed by atoms with Gasteiger partial charge in [-0.1, -0.05) is 0 Å². The van der Waals surface area contributed by atoms with Gasteiger partial charge in [-0.05, 0) is 19.3 Å². The molecule has 0 amide bonds. The molecule has 4 nitrogen and oxygen atoms in total. The molecular formula is C11H16F3NO3S. The molecule has 1 fully saturated rings. The number of rotatable bonds is 5. The summed E-state index contributed by atoms with van der Waals surface area (Å²) in [6, 6.07) is 1.64. The molecule has 1 aliphatic rings. The number of hydrogen-bond donors (Lipinski definition) is 0. The second-order valence-corrected chi connectivity index (χ2v) is 6.88. The molecule has 0 spiro atoms. The SMILES string of the molecule is N#CCCS(=O)(=O)C(CC(F)(F)F)C1CCCCO1. The Bertz CT molecular complexity index is 421. The van der Waals surface area contributed by atoms with Gasteiger partial charge >= 0.3 is 6.18 Å². The van der Waals surface area contributed by atoms with Crippen LogP contribution in [0.4, 0.5) is 13.2 Å². The van der Waals surface area contributed by atoms with E-state index in [1.807, 2.05) is 0 Å². The van der Waals surface area contributed by atoms with Gasteiger partial charge in [-0.15, -0.1) is 0 Å². The van der Waals surface area contributed by atoms with E-state index in [0.29, 0.717) is 12.8 Å². The lowest BCUT2D eigenvalue weighted by atomic mass is 10.0. The molecule has 0 aromatic carbocycles. The summed E-state index contributed by atoms with van der Waals surface area (Å²) in [5.41, 5.74) is 0. The van der Waals surface area contributed by atoms with Crippen molar-refractivity contribution in [2.75, 3.05) is 12.4 Å². The number of ether oxygens (including phenoxy) is 1. The van der Waals surface area contributed by atoms with Crippen LogP contribution >= 0.6 is 0 Å². The summed E-state index contributed by atoms with van der Waals surface area (Å²) in [7, 11) is -3.98. The zero-order valence-electron chi connectivity index (χ0n) is 10.3. The van der Waals surface area contributed by atoms with E-state index in [0.717, 1.165) is 6.42 Å². The Hall–Kier alpha value is -0.810. The molecule has 1 rings (SSSR count). The van der Waals surface area contributed by atoms with E-state index in [4.69, 9.17) is 10.00 Å². The quantitative estimate of drug-likeness (QED) is 0.780. The summed E-state index contributed by atoms with van der Waals surface area (Å²) in [6.45, 7) is 0.285. The topological polar surface area (TPSA) is 67.2 Å². The second kappa shape index (κ2) is 6.57. The molecule has 0 aromatic rings. The molecule has 110 valence electrons. The molecule has 1 heterocycles. The highest BCUT2D eigenvalue weighted by Crippen LogP contribution is 2.31. The Morgan fingerprint density at radius 1 is 1.37 bits per heavy atom. The van der Waals surface area contributed by atoms with E-state index < -0.39 is 39.5 Å². The van der Waals surface area contributed by atoms with Crippen molar-refractivity contribution >= 4 is 9.84 Å². The first-order valence-electron chi connectivity index (χ1n) is 6.03. The van der Waals surface area contributed by atoms with Crippen LogP contribution in [0.1, 0.15) is 32.1 Å². The maximum atomic E-state index is 12.5. The summed E-state index contributed by atoms with van der Waals surface area (Å²) < 4.78 is 66.6. The molecule has 0 radical (unpaired) electrons. The number of hydrogen-bond acceptors (Lipinski definition) is 4. The Balaban J connectivity index is 2.88. The number of halogens is 3. The fraction of sp³-hybridized carbons (Fsp3) is 0.909. The highest BCUT2D eigenvalue weighted by atomic mass is 32.2. The van der Waals surface area contributed by atoms with Crippen LogP contribution < -0.4 is 0 Å². The van der Waals surface area contributed by atoms with Crippen LogP contribution in [0.2, 0.25) is 0 Å². The van der Waals surface area contributed by atoms with Crippen molar-refractivity contribution in [2.45, 2.75) is 49.6 Å². The van der Waals surface area contributed by atoms with Crippen molar-refractivity contribution < 1.29 is 26.3 Å². The van der Waals surface area contributed by atoms with Gasteiger partial charge in [0.1, 0.15) is 0 Å². The molecule has 2 atom stereocenters. The lowest BCUT2D eigenvalue weighted by Gasteiger charge is -2.30. The van der Waals surface area contributed by atoms with E-state index in [-0.39, 0.29) is 13.0 Å². The van der Waals surface area contributed by atoms with Gasteiger partial charge in [0, 0.05) is 13.0 Å². The molecule has 0 saturated carbocycles. The van der Waals surface area contributed by atoms with Crippen LogP contribution in [0.25, 0.3) is 0 Å². The van der Waals surface area contributed by atoms with Gasteiger partial charge in [0.25, 0.3) is 0 Å². The molecule has 0 N–H and O–H groups in total. The monoisotopic (exact) mass is 299 g/mol. The maximum absolute atomic E-state index is 12.5. The normalized spacial score (nSPS) is 22.7. The van der Waals surface area contributed by atoms with E-state index >= 15 is 0 Å². The van der Waals surface area contributed by atoms with Gasteiger partial charge in [0.15, 0.2) is 9.84 Å². The van der Waals surface area contributed by atoms with Crippen molar-refractivity contribution in [1.82, 2.24) is 0 Å². The first-order valence-corrected chi connectivity index (χ1v) is 7.74. The van der Waals surface area contributed by atoms with E-state index in [1.165, 1.54) is 0 Å². The fourth-order valence-corrected chi connectivity index (χ4v) is 3.91. The molecule has 0 bridgehead atoms. The van der Waals surface area contributed by atoms with E-state index in [2.05, 4.69) is 0 Å². The average Bonchev–Trinajstić information content (AvgIpc) is 2.33. The third-order valence-corrected chi connectivity index (χ3v) is 5.19. The third kappa shape index (κ3) is 5.37. The van der Waals surface area contributed by atoms with Crippen LogP contribution in [0.3, 0.4) is 0 Å². The van der Waals surface area contributed by atoms with Crippen molar-refractivity contribution in [3.05, 3.63) is 0 Å². The summed E-state index contributed by atoms with van der Waals surface area (Å²) >= 11 is 0. The van der Waals surface area contributed by atoms with Crippen LogP contribution in [0.15, 0.2) is 0 Å². The first-order chi connectivity index (χ1) is 8.76. The van der Waals surface area contributed by atoms with Crippen LogP contribution in [0, 0.1) is 11.3 Å². The molecule has 1 saturated heterocycles. The molecule has 0 aromatic heterocycles. The number of nitrogens with zero attached hydrogens (tertiary/aromatic N) is 1. The number of sulfone groups is 1. The Morgan fingerprint density at radius 3 is 2.53 bits per heavy atom. The van der Waals surface area contributed by atoms with Gasteiger partial charge in [0.05, 0.1) is 29.6 Å². The van der Waals surface area contributed by atoms with Gasteiger partial charge in [0.2, 0.25) is 0 Å².